The van der Waals surface area contributed by atoms with Gasteiger partial charge in [-0.3, -0.25) is 4.79 Å². The maximum atomic E-state index is 11.9. The van der Waals surface area contributed by atoms with Crippen molar-refractivity contribution in [3.05, 3.63) is 70.8 Å². The van der Waals surface area contributed by atoms with Gasteiger partial charge in [-0.15, -0.1) is 0 Å². The Labute approximate surface area is 160 Å². The molecule has 0 bridgehead atoms. The van der Waals surface area contributed by atoms with E-state index in [0.717, 1.165) is 16.7 Å². The summed E-state index contributed by atoms with van der Waals surface area (Å²) in [5.74, 6) is 0. The highest BCUT2D eigenvalue weighted by molar-refractivity contribution is 6.75. The largest absolute Gasteiger partial charge is 0.359 e. The van der Waals surface area contributed by atoms with E-state index in [1.807, 2.05) is 48.5 Å². The number of carbonyl (C=O) groups excluding carboxylic acids is 1. The number of allylic oxidation sites excluding steroid dienone is 1. The molecule has 0 heterocycles. The summed E-state index contributed by atoms with van der Waals surface area (Å²) in [5, 5.41) is -0.471. The third-order valence-electron chi connectivity index (χ3n) is 4.03. The highest BCUT2D eigenvalue weighted by atomic mass is 35.5. The third-order valence-corrected chi connectivity index (χ3v) is 4.24. The van der Waals surface area contributed by atoms with Crippen LogP contribution in [-0.2, 0) is 26.3 Å². The standard InChI is InChI=1S/C22H25ClO3/c1-22(2,3)19-11-9-18(10-12-19)20(21(23)24)13-16-5-7-17(8-6-16)14-26-15-25-4/h5-13H,14-15H2,1-4H3/b20-13+. The number of benzene rings is 2. The summed E-state index contributed by atoms with van der Waals surface area (Å²) < 4.78 is 10.2. The van der Waals surface area contributed by atoms with Crippen molar-refractivity contribution in [2.24, 2.45) is 0 Å². The van der Waals surface area contributed by atoms with Crippen LogP contribution in [0, 0.1) is 0 Å². The summed E-state index contributed by atoms with van der Waals surface area (Å²) in [6, 6.07) is 15.8. The smallest absolute Gasteiger partial charge is 0.253 e. The Morgan fingerprint density at radius 2 is 1.65 bits per heavy atom. The molecule has 138 valence electrons. The summed E-state index contributed by atoms with van der Waals surface area (Å²) in [6.07, 6.45) is 1.81. The van der Waals surface area contributed by atoms with Crippen molar-refractivity contribution < 1.29 is 14.3 Å². The molecule has 3 nitrogen and oxygen atoms in total. The van der Waals surface area contributed by atoms with Crippen LogP contribution in [0.15, 0.2) is 48.5 Å². The van der Waals surface area contributed by atoms with Crippen LogP contribution in [0.5, 0.6) is 0 Å². The molecule has 0 aliphatic rings. The van der Waals surface area contributed by atoms with Gasteiger partial charge in [-0.25, -0.2) is 0 Å². The average molecular weight is 373 g/mol. The van der Waals surface area contributed by atoms with Crippen molar-refractivity contribution >= 4 is 28.5 Å². The Morgan fingerprint density at radius 1 is 1.04 bits per heavy atom. The number of ether oxygens (including phenoxy) is 2. The van der Waals surface area contributed by atoms with Crippen molar-refractivity contribution in [1.82, 2.24) is 0 Å². The van der Waals surface area contributed by atoms with E-state index < -0.39 is 5.24 Å². The normalized spacial score (nSPS) is 12.3. The monoisotopic (exact) mass is 372 g/mol. The second kappa shape index (κ2) is 9.13. The van der Waals surface area contributed by atoms with E-state index in [2.05, 4.69) is 20.8 Å². The number of carbonyl (C=O) groups is 1. The molecule has 0 unspecified atom stereocenters. The first-order valence-corrected chi connectivity index (χ1v) is 8.87. The van der Waals surface area contributed by atoms with Gasteiger partial charge >= 0.3 is 0 Å². The fourth-order valence-corrected chi connectivity index (χ4v) is 2.69. The zero-order valence-corrected chi connectivity index (χ0v) is 16.5. The number of halogens is 1. The highest BCUT2D eigenvalue weighted by Crippen LogP contribution is 2.26. The zero-order valence-electron chi connectivity index (χ0n) is 15.7. The minimum absolute atomic E-state index is 0.0636. The molecule has 0 fully saturated rings. The zero-order chi connectivity index (χ0) is 19.2. The molecule has 0 aliphatic carbocycles. The van der Waals surface area contributed by atoms with Crippen LogP contribution in [-0.4, -0.2) is 19.1 Å². The van der Waals surface area contributed by atoms with Crippen molar-refractivity contribution in [3.63, 3.8) is 0 Å². The van der Waals surface area contributed by atoms with Gasteiger partial charge in [0.05, 0.1) is 6.61 Å². The average Bonchev–Trinajstić information content (AvgIpc) is 2.60. The first kappa shape index (κ1) is 20.4. The SMILES string of the molecule is COCOCc1ccc(/C=C(/C(=O)Cl)c2ccc(C(C)(C)C)cc2)cc1. The van der Waals surface area contributed by atoms with Crippen LogP contribution in [0.1, 0.15) is 43.0 Å². The van der Waals surface area contributed by atoms with E-state index in [1.54, 1.807) is 13.2 Å². The molecule has 26 heavy (non-hydrogen) atoms. The third kappa shape index (κ3) is 5.80. The minimum atomic E-state index is -0.471. The highest BCUT2D eigenvalue weighted by Gasteiger charge is 2.15. The molecule has 0 saturated carbocycles. The van der Waals surface area contributed by atoms with Crippen LogP contribution < -0.4 is 0 Å². The van der Waals surface area contributed by atoms with Crippen molar-refractivity contribution in [2.75, 3.05) is 13.9 Å². The first-order chi connectivity index (χ1) is 12.3. The molecule has 0 aromatic heterocycles. The van der Waals surface area contributed by atoms with E-state index in [1.165, 1.54) is 5.56 Å². The number of methoxy groups -OCH3 is 1. The van der Waals surface area contributed by atoms with E-state index in [-0.39, 0.29) is 12.2 Å². The van der Waals surface area contributed by atoms with Crippen molar-refractivity contribution in [3.8, 4) is 0 Å². The topological polar surface area (TPSA) is 35.5 Å². The van der Waals surface area contributed by atoms with Crippen LogP contribution in [0.2, 0.25) is 0 Å². The predicted octanol–water partition coefficient (Wildman–Crippen LogP) is 5.41. The van der Waals surface area contributed by atoms with Gasteiger partial charge in [0.25, 0.3) is 5.24 Å². The number of rotatable bonds is 7. The van der Waals surface area contributed by atoms with Gasteiger partial charge in [0.15, 0.2) is 0 Å². The van der Waals surface area contributed by atoms with E-state index in [4.69, 9.17) is 21.1 Å². The summed E-state index contributed by atoms with van der Waals surface area (Å²) in [7, 11) is 1.59. The molecule has 0 saturated heterocycles. The van der Waals surface area contributed by atoms with Crippen molar-refractivity contribution in [1.29, 1.82) is 0 Å². The van der Waals surface area contributed by atoms with E-state index in [9.17, 15) is 4.79 Å². The van der Waals surface area contributed by atoms with Crippen molar-refractivity contribution in [2.45, 2.75) is 32.8 Å². The first-order valence-electron chi connectivity index (χ1n) is 8.49. The van der Waals surface area contributed by atoms with Crippen LogP contribution in [0.4, 0.5) is 0 Å². The van der Waals surface area contributed by atoms with Crippen LogP contribution >= 0.6 is 11.6 Å². The molecule has 0 spiro atoms. The van der Waals surface area contributed by atoms with Gasteiger partial charge in [-0.1, -0.05) is 69.3 Å². The molecule has 2 aromatic rings. The summed E-state index contributed by atoms with van der Waals surface area (Å²) in [5.41, 5.74) is 4.51. The molecule has 2 aromatic carbocycles. The van der Waals surface area contributed by atoms with Gasteiger partial charge in [-0.2, -0.15) is 0 Å². The van der Waals surface area contributed by atoms with Gasteiger partial charge in [0.2, 0.25) is 0 Å². The fourth-order valence-electron chi connectivity index (χ4n) is 2.52. The van der Waals surface area contributed by atoms with Gasteiger partial charge < -0.3 is 9.47 Å². The second-order valence-electron chi connectivity index (χ2n) is 7.16. The minimum Gasteiger partial charge on any atom is -0.359 e. The molecular formula is C22H25ClO3. The van der Waals surface area contributed by atoms with Crippen LogP contribution in [0.25, 0.3) is 11.6 Å². The lowest BCUT2D eigenvalue weighted by atomic mass is 9.86. The molecule has 0 aliphatic heterocycles. The maximum absolute atomic E-state index is 11.9. The van der Waals surface area contributed by atoms with Gasteiger partial charge in [-0.05, 0) is 45.3 Å². The lowest BCUT2D eigenvalue weighted by Gasteiger charge is -2.19. The Morgan fingerprint density at radius 3 is 2.15 bits per heavy atom. The second-order valence-corrected chi connectivity index (χ2v) is 7.50. The molecule has 0 amide bonds. The molecule has 0 radical (unpaired) electrons. The molecule has 0 N–H and O–H groups in total. The molecule has 0 atom stereocenters. The fraction of sp³-hybridized carbons (Fsp3) is 0.318. The number of hydrogen-bond acceptors (Lipinski definition) is 3. The summed E-state index contributed by atoms with van der Waals surface area (Å²) >= 11 is 5.83. The van der Waals surface area contributed by atoms with E-state index >= 15 is 0 Å². The van der Waals surface area contributed by atoms with Gasteiger partial charge in [0, 0.05) is 12.7 Å². The summed E-state index contributed by atoms with van der Waals surface area (Å²) in [4.78, 5) is 11.9. The molecule has 2 rings (SSSR count). The Kier molecular flexibility index (Phi) is 7.15. The lowest BCUT2D eigenvalue weighted by molar-refractivity contribution is -0.106. The quantitative estimate of drug-likeness (QED) is 0.214. The Balaban J connectivity index is 2.22. The number of hydrogen-bond donors (Lipinski definition) is 0. The Hall–Kier alpha value is -1.94. The Bertz CT molecular complexity index is 753. The summed E-state index contributed by atoms with van der Waals surface area (Å²) in [6.45, 7) is 7.21. The molecule has 4 heteroatoms. The van der Waals surface area contributed by atoms with Crippen LogP contribution in [0.3, 0.4) is 0 Å². The predicted molar refractivity (Wildman–Crippen MR) is 107 cm³/mol. The molecular weight excluding hydrogens is 348 g/mol. The maximum Gasteiger partial charge on any atom is 0.253 e. The lowest BCUT2D eigenvalue weighted by Crippen LogP contribution is -2.10. The van der Waals surface area contributed by atoms with E-state index in [0.29, 0.717) is 12.2 Å². The van der Waals surface area contributed by atoms with Gasteiger partial charge in [0.1, 0.15) is 6.79 Å².